The number of phenolic OH excluding ortho intramolecular Hbond substituents is 1. The third kappa shape index (κ3) is 30.5. The molecule has 6 saturated heterocycles. The van der Waals surface area contributed by atoms with Crippen LogP contribution in [0.5, 0.6) is 11.5 Å². The summed E-state index contributed by atoms with van der Waals surface area (Å²) >= 11 is 18.0. The maximum absolute atomic E-state index is 9.33. The number of aromatic amines is 5. The molecule has 13 aromatic rings. The van der Waals surface area contributed by atoms with Crippen molar-refractivity contribution in [2.24, 2.45) is 71.0 Å². The second-order valence-corrected chi connectivity index (χ2v) is 47.9. The second kappa shape index (κ2) is 54.9. The highest BCUT2D eigenvalue weighted by Gasteiger charge is 2.45. The molecule has 6 saturated carbocycles. The van der Waals surface area contributed by atoms with E-state index in [4.69, 9.17) is 44.5 Å². The Morgan fingerprint density at radius 3 is 1.00 bits per heavy atom. The summed E-state index contributed by atoms with van der Waals surface area (Å²) in [6.45, 7) is 15.1. The number of para-hydroxylation sites is 2. The van der Waals surface area contributed by atoms with Crippen molar-refractivity contribution >= 4 is 45.8 Å². The number of hydrogen-bond acceptors (Lipinski definition) is 13. The third-order valence-corrected chi connectivity index (χ3v) is 37.9. The van der Waals surface area contributed by atoms with Crippen molar-refractivity contribution in [1.29, 1.82) is 0 Å². The van der Waals surface area contributed by atoms with Gasteiger partial charge < -0.3 is 49.5 Å². The summed E-state index contributed by atoms with van der Waals surface area (Å²) in [5.74, 6) is 12.9. The van der Waals surface area contributed by atoms with Gasteiger partial charge in [-0.05, 0) is 442 Å². The minimum absolute atomic E-state index is 0.284. The van der Waals surface area contributed by atoms with Gasteiger partial charge in [-0.1, -0.05) is 217 Å². The quantitative estimate of drug-likeness (QED) is 0.0228. The fourth-order valence-corrected chi connectivity index (χ4v) is 30.4. The lowest BCUT2D eigenvalue weighted by Crippen LogP contribution is -2.39. The predicted molar refractivity (Wildman–Crippen MR) is 612 cm³/mol. The van der Waals surface area contributed by atoms with E-state index in [0.717, 1.165) is 200 Å². The van der Waals surface area contributed by atoms with E-state index < -0.39 is 0 Å². The van der Waals surface area contributed by atoms with Crippen molar-refractivity contribution in [1.82, 2.24) is 79.2 Å². The molecular weight excluding hydrogens is 1910 g/mol. The number of benzene rings is 8. The van der Waals surface area contributed by atoms with Crippen LogP contribution in [0.3, 0.4) is 0 Å². The fourth-order valence-electron chi connectivity index (χ4n) is 29.8. The number of aromatic hydroxyl groups is 1. The number of phenols is 1. The standard InChI is InChI=1S/C23H27N3.C23H29NO2.C21H27Cl2N3.C21H28ClN3.C21H29N3.C20H27N3/c1-2-6-17(7-3-1)14-18-10-11-22-19(15-18)12-13-26(22)16-23-24-20-8-4-5-9-21(20)25-23;25-21-7-9-22(10-8-21)26-15-14-24-13-12-20-17-19(6-11-23(20)24)16-18-4-2-1-3-5-18;22-20-18(24-21(23)25-20)7-4-11-26-12-10-17-14-16(8-9-19(17)26)13-15-5-2-1-3-6-15;22-21-19(23-15-24-21)7-4-11-25-12-10-18-14-17(8-9-20(18)25)13-16-5-2-1-3-6-16;1-2-5-17(6-3-1)13-18-8-9-21-19(14-18)10-12-24(21)11-4-7-20-15-22-16-23-20;1-2-4-16(5-3-1)12-17-6-7-20-18(13-17)8-10-23(20)11-9-19-14-21-15-22-19/h1-9,18-19,22H,10-16H2,(H,24,25);1-5,7-10,19-20,23,25H,6,11-17H2;1-3,5-6,16-17,19H,4,7-14H2,(H,24,25);1-3,5-6,15,17-18,20H,4,7-14H2,(H,23,24);1-3,5-6,15-16,18-19,21H,4,7-14H2,(H,22,23);1-5,14-15,17-18,20H,6-13H2,(H,21,22). The molecule has 5 aromatic heterocycles. The maximum Gasteiger partial charge on any atom is 0.201 e. The number of imidazole rings is 5. The van der Waals surface area contributed by atoms with Crippen LogP contribution in [0.15, 0.2) is 262 Å². The van der Waals surface area contributed by atoms with Crippen molar-refractivity contribution < 1.29 is 9.84 Å². The minimum Gasteiger partial charge on any atom is -0.508 e. The van der Waals surface area contributed by atoms with E-state index in [0.29, 0.717) is 15.6 Å². The number of aromatic nitrogens is 10. The van der Waals surface area contributed by atoms with Crippen LogP contribution in [0.4, 0.5) is 0 Å². The van der Waals surface area contributed by atoms with Crippen molar-refractivity contribution in [2.45, 2.75) is 280 Å². The number of aryl methyl sites for hydroxylation is 3. The zero-order valence-electron chi connectivity index (χ0n) is 89.0. The summed E-state index contributed by atoms with van der Waals surface area (Å²) in [5.41, 5.74) is 15.9. The molecule has 0 amide bonds. The number of hydrogen-bond donors (Lipinski definition) is 6. The van der Waals surface area contributed by atoms with E-state index >= 15 is 0 Å². The lowest BCUT2D eigenvalue weighted by Gasteiger charge is -2.36. The Bertz CT molecular complexity index is 6010. The molecule has 0 bridgehead atoms. The zero-order chi connectivity index (χ0) is 102. The largest absolute Gasteiger partial charge is 0.508 e. The molecule has 12 aliphatic rings. The molecule has 6 aliphatic heterocycles. The Hall–Kier alpha value is -9.70. The first-order valence-corrected chi connectivity index (χ1v) is 59.6. The number of rotatable bonds is 33. The van der Waals surface area contributed by atoms with Crippen LogP contribution in [0.1, 0.15) is 235 Å². The Morgan fingerprint density at radius 1 is 0.307 bits per heavy atom. The average molecular weight is 2080 g/mol. The normalized spacial score (nSPS) is 26.6. The first-order chi connectivity index (χ1) is 73.9. The summed E-state index contributed by atoms with van der Waals surface area (Å²) in [6.07, 6.45) is 57.7. The van der Waals surface area contributed by atoms with Gasteiger partial charge in [0.25, 0.3) is 0 Å². The van der Waals surface area contributed by atoms with E-state index in [1.165, 1.54) is 309 Å². The Labute approximate surface area is 909 Å². The molecule has 6 aliphatic carbocycles. The number of nitrogens with one attached hydrogen (secondary N) is 5. The first kappa shape index (κ1) is 107. The molecule has 12 fully saturated rings. The van der Waals surface area contributed by atoms with Gasteiger partial charge in [0.15, 0.2) is 5.15 Å². The van der Waals surface area contributed by atoms with Crippen LogP contribution in [-0.2, 0) is 70.8 Å². The van der Waals surface area contributed by atoms with Gasteiger partial charge in [-0.3, -0.25) is 14.7 Å². The van der Waals surface area contributed by atoms with Crippen LogP contribution in [0.25, 0.3) is 11.0 Å². The molecule has 796 valence electrons. The molecule has 0 spiro atoms. The number of nitrogens with zero attached hydrogens (tertiary/aromatic N) is 11. The van der Waals surface area contributed by atoms with Gasteiger partial charge in [-0.25, -0.2) is 24.9 Å². The number of likely N-dealkylation sites (tertiary alicyclic amines) is 6. The SMILES string of the molecule is Clc1nc(Cl)c(CCCN2CCC3CC(Cc4ccccc4)CCC32)[nH]1.Clc1nc[nH]c1CCCN1CCC2CC(Cc3ccccc3)CCC21.Oc1ccc(OCCN2CCC3CC(Cc4ccccc4)CCC32)cc1.c1ccc(CC2CCC3C(CCN3CCCc3cnc[nH]3)C2)cc1.c1ccc(CC2CCC3C(CCN3CCc3cnc[nH]3)C2)cc1.c1ccc(CC2CCC3C(CCN3Cc3nc4ccccc4[nH]3)C2)cc1. The molecule has 11 heterocycles. The van der Waals surface area contributed by atoms with Crippen LogP contribution in [0, 0.1) is 71.0 Å². The topological polar surface area (TPSA) is 192 Å². The number of ether oxygens (including phenoxy) is 1. The van der Waals surface area contributed by atoms with Crippen LogP contribution >= 0.6 is 34.8 Å². The highest BCUT2D eigenvalue weighted by atomic mass is 35.5. The van der Waals surface area contributed by atoms with Gasteiger partial charge in [0.2, 0.25) is 5.28 Å². The predicted octanol–water partition coefficient (Wildman–Crippen LogP) is 27.2. The molecule has 8 aromatic carbocycles. The highest BCUT2D eigenvalue weighted by Crippen LogP contribution is 2.48. The van der Waals surface area contributed by atoms with Gasteiger partial charge in [-0.15, -0.1) is 0 Å². The fraction of sp³-hybridized carbons (Fsp3) is 0.527. The Kier molecular flexibility index (Phi) is 39.3. The Balaban J connectivity index is 0.000000109. The van der Waals surface area contributed by atoms with Crippen molar-refractivity contribution in [3.05, 3.63) is 339 Å². The van der Waals surface area contributed by atoms with Gasteiger partial charge >= 0.3 is 0 Å². The molecule has 150 heavy (non-hydrogen) atoms. The summed E-state index contributed by atoms with van der Waals surface area (Å²) in [6, 6.07) is 86.3. The molecular formula is C129H167Cl3N16O2. The highest BCUT2D eigenvalue weighted by molar-refractivity contribution is 6.32. The maximum atomic E-state index is 9.33. The summed E-state index contributed by atoms with van der Waals surface area (Å²) < 4.78 is 5.85. The van der Waals surface area contributed by atoms with E-state index in [1.54, 1.807) is 31.1 Å². The summed E-state index contributed by atoms with van der Waals surface area (Å²) in [5, 5.41) is 10.9. The molecule has 18 atom stereocenters. The van der Waals surface area contributed by atoms with Gasteiger partial charge in [0.1, 0.15) is 29.1 Å². The van der Waals surface area contributed by atoms with Crippen LogP contribution in [0.2, 0.25) is 15.6 Å². The van der Waals surface area contributed by atoms with Crippen molar-refractivity contribution in [2.75, 3.05) is 78.6 Å². The average Bonchev–Trinajstić information content (AvgIpc) is 1.65. The summed E-state index contributed by atoms with van der Waals surface area (Å²) in [4.78, 5) is 53.6. The lowest BCUT2D eigenvalue weighted by atomic mass is 9.76. The van der Waals surface area contributed by atoms with E-state index in [9.17, 15) is 5.11 Å². The summed E-state index contributed by atoms with van der Waals surface area (Å²) in [7, 11) is 0. The Morgan fingerprint density at radius 2 is 0.647 bits per heavy atom. The molecule has 25 rings (SSSR count). The smallest absolute Gasteiger partial charge is 0.201 e. The van der Waals surface area contributed by atoms with E-state index in [2.05, 4.69) is 281 Å². The van der Waals surface area contributed by atoms with E-state index in [-0.39, 0.29) is 5.75 Å². The first-order valence-electron chi connectivity index (χ1n) is 58.4. The van der Waals surface area contributed by atoms with E-state index in [1.807, 2.05) is 24.5 Å². The molecule has 18 unspecified atom stereocenters. The zero-order valence-corrected chi connectivity index (χ0v) is 91.3. The molecule has 21 heteroatoms. The van der Waals surface area contributed by atoms with Crippen molar-refractivity contribution in [3.8, 4) is 11.5 Å². The van der Waals surface area contributed by atoms with Crippen LogP contribution in [-0.4, -0.2) is 199 Å². The molecule has 18 nitrogen and oxygen atoms in total. The second-order valence-electron chi connectivity index (χ2n) is 46.8. The minimum atomic E-state index is 0.284. The monoisotopic (exact) mass is 2080 g/mol. The van der Waals surface area contributed by atoms with Gasteiger partial charge in [0.05, 0.1) is 47.9 Å². The number of fused-ring (bicyclic) bond motifs is 7. The number of H-pyrrole nitrogens is 5. The van der Waals surface area contributed by atoms with Crippen LogP contribution < -0.4 is 4.74 Å². The van der Waals surface area contributed by atoms with Crippen molar-refractivity contribution in [3.63, 3.8) is 0 Å². The van der Waals surface area contributed by atoms with Gasteiger partial charge in [0, 0.05) is 79.5 Å². The third-order valence-electron chi connectivity index (χ3n) is 37.1. The molecule has 6 N–H and O–H groups in total. The molecule has 0 radical (unpaired) electrons. The van der Waals surface area contributed by atoms with Gasteiger partial charge in [-0.2, -0.15) is 0 Å². The lowest BCUT2D eigenvalue weighted by molar-refractivity contribution is 0.133. The number of halogens is 3.